The van der Waals surface area contributed by atoms with E-state index in [0.29, 0.717) is 31.3 Å². The van der Waals surface area contributed by atoms with Crippen molar-refractivity contribution in [2.45, 2.75) is 38.8 Å². The number of rotatable bonds is 9. The Hall–Kier alpha value is -4.24. The van der Waals surface area contributed by atoms with Gasteiger partial charge < -0.3 is 24.8 Å². The van der Waals surface area contributed by atoms with E-state index in [1.807, 2.05) is 61.5 Å². The lowest BCUT2D eigenvalue weighted by Crippen LogP contribution is -2.47. The molecule has 2 aromatic carbocycles. The summed E-state index contributed by atoms with van der Waals surface area (Å²) in [5, 5.41) is 13.5. The number of aryl methyl sites for hydroxylation is 1. The van der Waals surface area contributed by atoms with Crippen molar-refractivity contribution in [2.24, 2.45) is 0 Å². The van der Waals surface area contributed by atoms with Crippen LogP contribution in [0.1, 0.15) is 30.5 Å². The van der Waals surface area contributed by atoms with Gasteiger partial charge in [-0.2, -0.15) is 0 Å². The van der Waals surface area contributed by atoms with Crippen molar-refractivity contribution >= 4 is 28.3 Å². The Morgan fingerprint density at radius 3 is 2.79 bits per heavy atom. The van der Waals surface area contributed by atoms with Crippen LogP contribution in [-0.4, -0.2) is 56.7 Å². The maximum absolute atomic E-state index is 12.2. The zero-order valence-electron chi connectivity index (χ0n) is 21.3. The highest BCUT2D eigenvalue weighted by Crippen LogP contribution is 2.33. The number of amides is 1. The molecule has 0 bridgehead atoms. The van der Waals surface area contributed by atoms with E-state index < -0.39 is 6.61 Å². The molecule has 1 atom stereocenters. The largest absolute Gasteiger partial charge is 0.491 e. The predicted octanol–water partition coefficient (Wildman–Crippen LogP) is 4.41. The lowest BCUT2D eigenvalue weighted by atomic mass is 10.0. The number of aliphatic hydroxyl groups excluding tert-OH is 1. The van der Waals surface area contributed by atoms with Gasteiger partial charge in [0.25, 0.3) is 0 Å². The number of nitrogens with zero attached hydrogens (tertiary/aromatic N) is 4. The summed E-state index contributed by atoms with van der Waals surface area (Å²) < 4.78 is 12.2. The molecule has 0 saturated carbocycles. The van der Waals surface area contributed by atoms with E-state index in [1.54, 1.807) is 11.1 Å². The number of hydrogen-bond donors (Lipinski definition) is 2. The number of carbonyl (C=O) groups is 1. The second-order valence-electron chi connectivity index (χ2n) is 9.29. The molecule has 1 aliphatic heterocycles. The van der Waals surface area contributed by atoms with Gasteiger partial charge in [-0.25, -0.2) is 9.97 Å². The van der Waals surface area contributed by atoms with Crippen LogP contribution in [0.5, 0.6) is 11.5 Å². The second kappa shape index (κ2) is 11.9. The molecule has 4 aromatic rings. The fourth-order valence-electron chi connectivity index (χ4n) is 4.73. The van der Waals surface area contributed by atoms with Gasteiger partial charge in [-0.05, 0) is 74.2 Å². The van der Waals surface area contributed by atoms with Crippen LogP contribution in [0.2, 0.25) is 0 Å². The Morgan fingerprint density at radius 1 is 1.05 bits per heavy atom. The number of benzene rings is 2. The van der Waals surface area contributed by atoms with Crippen LogP contribution < -0.4 is 14.8 Å². The van der Waals surface area contributed by atoms with Crippen LogP contribution in [0.3, 0.4) is 0 Å². The van der Waals surface area contributed by atoms with E-state index in [0.717, 1.165) is 52.9 Å². The summed E-state index contributed by atoms with van der Waals surface area (Å²) in [6.45, 7) is 2.88. The fourth-order valence-corrected chi connectivity index (χ4v) is 4.73. The molecule has 9 heteroatoms. The number of ether oxygens (including phenoxy) is 2. The minimum atomic E-state index is -0.487. The van der Waals surface area contributed by atoms with Crippen molar-refractivity contribution < 1.29 is 19.4 Å². The number of aromatic nitrogens is 3. The highest BCUT2D eigenvalue weighted by atomic mass is 16.5. The van der Waals surface area contributed by atoms with Crippen LogP contribution in [0.25, 0.3) is 10.9 Å². The van der Waals surface area contributed by atoms with Crippen LogP contribution in [0.15, 0.2) is 67.1 Å². The number of anilines is 2. The minimum Gasteiger partial charge on any atom is -0.491 e. The van der Waals surface area contributed by atoms with Gasteiger partial charge in [0.1, 0.15) is 43.5 Å². The van der Waals surface area contributed by atoms with Crippen LogP contribution in [0.4, 0.5) is 11.5 Å². The van der Waals surface area contributed by atoms with Crippen LogP contribution >= 0.6 is 0 Å². The average Bonchev–Trinajstić information content (AvgIpc) is 2.96. The second-order valence-corrected chi connectivity index (χ2v) is 9.29. The molecule has 1 saturated heterocycles. The maximum Gasteiger partial charge on any atom is 0.248 e. The van der Waals surface area contributed by atoms with Crippen LogP contribution in [-0.2, 0) is 11.4 Å². The van der Waals surface area contributed by atoms with Crippen molar-refractivity contribution in [3.8, 4) is 11.5 Å². The van der Waals surface area contributed by atoms with Gasteiger partial charge in [-0.1, -0.05) is 12.1 Å². The summed E-state index contributed by atoms with van der Waals surface area (Å²) in [5.74, 6) is 1.79. The van der Waals surface area contributed by atoms with Gasteiger partial charge in [0, 0.05) is 18.4 Å². The average molecular weight is 514 g/mol. The molecular weight excluding hydrogens is 482 g/mol. The molecule has 2 aromatic heterocycles. The Labute approximate surface area is 221 Å². The number of aliphatic hydroxyl groups is 1. The highest BCUT2D eigenvalue weighted by molar-refractivity contribution is 5.95. The highest BCUT2D eigenvalue weighted by Gasteiger charge is 2.27. The molecule has 2 N–H and O–H groups in total. The zero-order chi connectivity index (χ0) is 26.3. The van der Waals surface area contributed by atoms with Crippen LogP contribution in [0, 0.1) is 6.92 Å². The normalized spacial score (nSPS) is 15.3. The number of pyridine rings is 1. The number of carbonyl (C=O) groups excluding carboxylic acids is 1. The lowest BCUT2D eigenvalue weighted by molar-refractivity contribution is -0.138. The third kappa shape index (κ3) is 5.84. The van der Waals surface area contributed by atoms with E-state index >= 15 is 0 Å². The molecule has 0 radical (unpaired) electrons. The van der Waals surface area contributed by atoms with Crippen molar-refractivity contribution in [1.82, 2.24) is 19.9 Å². The lowest BCUT2D eigenvalue weighted by Gasteiger charge is -2.35. The van der Waals surface area contributed by atoms with Gasteiger partial charge in [-0.15, -0.1) is 0 Å². The van der Waals surface area contributed by atoms with Crippen molar-refractivity contribution in [3.63, 3.8) is 0 Å². The number of nitrogens with one attached hydrogen (secondary N) is 1. The molecular formula is C29H31N5O4. The molecule has 0 spiro atoms. The Balaban J connectivity index is 1.33. The van der Waals surface area contributed by atoms with Crippen molar-refractivity contribution in [1.29, 1.82) is 0 Å². The van der Waals surface area contributed by atoms with Gasteiger partial charge in [-0.3, -0.25) is 9.78 Å². The number of likely N-dealkylation sites (tertiary alicyclic amines) is 1. The van der Waals surface area contributed by atoms with Gasteiger partial charge in [0.2, 0.25) is 5.91 Å². The zero-order valence-corrected chi connectivity index (χ0v) is 21.3. The summed E-state index contributed by atoms with van der Waals surface area (Å²) in [4.78, 5) is 27.2. The summed E-state index contributed by atoms with van der Waals surface area (Å²) in [6.07, 6.45) is 6.07. The van der Waals surface area contributed by atoms with Crippen molar-refractivity contribution in [3.05, 3.63) is 78.4 Å². The third-order valence-electron chi connectivity index (χ3n) is 6.68. The topological polar surface area (TPSA) is 110 Å². The molecule has 0 aliphatic carbocycles. The quantitative estimate of drug-likeness (QED) is 0.339. The minimum absolute atomic E-state index is 0.0824. The summed E-state index contributed by atoms with van der Waals surface area (Å²) in [7, 11) is 0. The molecule has 1 aliphatic rings. The molecule has 1 fully saturated rings. The van der Waals surface area contributed by atoms with E-state index in [4.69, 9.17) is 9.47 Å². The van der Waals surface area contributed by atoms with E-state index in [1.165, 1.54) is 6.33 Å². The first-order chi connectivity index (χ1) is 18.6. The Kier molecular flexibility index (Phi) is 7.94. The molecule has 5 rings (SSSR count). The molecule has 38 heavy (non-hydrogen) atoms. The standard InChI is InChI=1S/C29H31N5O4/c1-20-15-21(11-12-25(20)37-17-22-7-2-4-13-30-22)33-29-28-24(31-19-32-29)9-6-10-26(28)38-18-23-8-3-5-14-34(23)27(36)16-35/h2,4,6-7,9-13,15,19,23,35H,3,5,8,14,16-18H2,1H3,(H,31,32,33). The van der Waals surface area contributed by atoms with Gasteiger partial charge in [0.05, 0.1) is 22.6 Å². The molecule has 196 valence electrons. The summed E-state index contributed by atoms with van der Waals surface area (Å²) in [5.41, 5.74) is 3.45. The Morgan fingerprint density at radius 2 is 1.97 bits per heavy atom. The van der Waals surface area contributed by atoms with E-state index in [2.05, 4.69) is 20.3 Å². The Bertz CT molecular complexity index is 1390. The predicted molar refractivity (Wildman–Crippen MR) is 145 cm³/mol. The monoisotopic (exact) mass is 513 g/mol. The fraction of sp³-hybridized carbons (Fsp3) is 0.310. The number of hydrogen-bond acceptors (Lipinski definition) is 8. The summed E-state index contributed by atoms with van der Waals surface area (Å²) in [6, 6.07) is 17.2. The first-order valence-corrected chi connectivity index (χ1v) is 12.8. The first kappa shape index (κ1) is 25.4. The number of fused-ring (bicyclic) bond motifs is 1. The van der Waals surface area contributed by atoms with Gasteiger partial charge in [0.15, 0.2) is 0 Å². The summed E-state index contributed by atoms with van der Waals surface area (Å²) >= 11 is 0. The molecule has 9 nitrogen and oxygen atoms in total. The van der Waals surface area contributed by atoms with Crippen molar-refractivity contribution in [2.75, 3.05) is 25.1 Å². The van der Waals surface area contributed by atoms with Gasteiger partial charge >= 0.3 is 0 Å². The first-order valence-electron chi connectivity index (χ1n) is 12.8. The van der Waals surface area contributed by atoms with E-state index in [-0.39, 0.29) is 11.9 Å². The van der Waals surface area contributed by atoms with E-state index in [9.17, 15) is 9.90 Å². The number of piperidine rings is 1. The SMILES string of the molecule is Cc1cc(Nc2ncnc3cccc(OCC4CCCCN4C(=O)CO)c23)ccc1OCc1ccccn1. The molecule has 3 heterocycles. The third-order valence-corrected chi connectivity index (χ3v) is 6.68. The molecule has 1 amide bonds. The molecule has 1 unspecified atom stereocenters. The maximum atomic E-state index is 12.2. The smallest absolute Gasteiger partial charge is 0.248 e.